The molecule has 22 heavy (non-hydrogen) atoms. The molecular formula is C15H15ClN4O2. The van der Waals surface area contributed by atoms with Crippen molar-refractivity contribution >= 4 is 23.4 Å². The maximum absolute atomic E-state index is 11.7. The Kier molecular flexibility index (Phi) is 5.85. The minimum absolute atomic E-state index is 0.139. The van der Waals surface area contributed by atoms with E-state index < -0.39 is 0 Å². The summed E-state index contributed by atoms with van der Waals surface area (Å²) in [6.07, 6.45) is 4.87. The Morgan fingerprint density at radius 1 is 1.09 bits per heavy atom. The molecule has 0 aromatic carbocycles. The van der Waals surface area contributed by atoms with Gasteiger partial charge in [0.15, 0.2) is 0 Å². The highest BCUT2D eigenvalue weighted by molar-refractivity contribution is 6.29. The smallest absolute Gasteiger partial charge is 0.252 e. The Labute approximate surface area is 132 Å². The first-order valence-corrected chi connectivity index (χ1v) is 7.08. The van der Waals surface area contributed by atoms with Gasteiger partial charge in [-0.3, -0.25) is 14.6 Å². The monoisotopic (exact) mass is 318 g/mol. The molecule has 0 radical (unpaired) electrons. The molecule has 0 aliphatic carbocycles. The minimum atomic E-state index is -0.218. The number of rotatable bonds is 6. The van der Waals surface area contributed by atoms with Gasteiger partial charge in [-0.05, 0) is 23.8 Å². The molecule has 2 aromatic rings. The summed E-state index contributed by atoms with van der Waals surface area (Å²) in [6, 6.07) is 6.75. The van der Waals surface area contributed by atoms with Crippen LogP contribution >= 0.6 is 11.6 Å². The van der Waals surface area contributed by atoms with E-state index in [9.17, 15) is 9.59 Å². The van der Waals surface area contributed by atoms with Crippen molar-refractivity contribution in [1.82, 2.24) is 20.6 Å². The van der Waals surface area contributed by atoms with E-state index in [1.54, 1.807) is 36.7 Å². The second kappa shape index (κ2) is 8.09. The maximum Gasteiger partial charge on any atom is 0.252 e. The molecule has 0 bridgehead atoms. The van der Waals surface area contributed by atoms with Crippen LogP contribution in [0.25, 0.3) is 0 Å². The molecule has 0 aliphatic heterocycles. The fourth-order valence-corrected chi connectivity index (χ4v) is 1.85. The van der Waals surface area contributed by atoms with Crippen LogP contribution in [0.1, 0.15) is 15.9 Å². The van der Waals surface area contributed by atoms with Crippen LogP contribution in [0.5, 0.6) is 0 Å². The van der Waals surface area contributed by atoms with Crippen LogP contribution in [-0.4, -0.2) is 34.9 Å². The largest absolute Gasteiger partial charge is 0.354 e. The first-order chi connectivity index (χ1) is 10.6. The van der Waals surface area contributed by atoms with Gasteiger partial charge < -0.3 is 10.6 Å². The van der Waals surface area contributed by atoms with Crippen LogP contribution in [-0.2, 0) is 11.2 Å². The molecule has 7 heteroatoms. The zero-order valence-electron chi connectivity index (χ0n) is 11.8. The molecule has 0 atom stereocenters. The van der Waals surface area contributed by atoms with Crippen LogP contribution in [0.4, 0.5) is 0 Å². The minimum Gasteiger partial charge on any atom is -0.354 e. The molecular weight excluding hydrogens is 304 g/mol. The normalized spacial score (nSPS) is 10.0. The maximum atomic E-state index is 11.7. The van der Waals surface area contributed by atoms with E-state index in [0.29, 0.717) is 23.8 Å². The van der Waals surface area contributed by atoms with Crippen molar-refractivity contribution in [1.29, 1.82) is 0 Å². The highest BCUT2D eigenvalue weighted by atomic mass is 35.5. The first kappa shape index (κ1) is 15.9. The predicted octanol–water partition coefficient (Wildman–Crippen LogP) is 1.22. The lowest BCUT2D eigenvalue weighted by molar-refractivity contribution is -0.120. The van der Waals surface area contributed by atoms with Gasteiger partial charge >= 0.3 is 0 Å². The average molecular weight is 319 g/mol. The molecule has 2 amide bonds. The van der Waals surface area contributed by atoms with Crippen molar-refractivity contribution in [3.05, 3.63) is 59.1 Å². The molecule has 6 nitrogen and oxygen atoms in total. The average Bonchev–Trinajstić information content (AvgIpc) is 2.54. The topological polar surface area (TPSA) is 84.0 Å². The van der Waals surface area contributed by atoms with Gasteiger partial charge in [0, 0.05) is 31.7 Å². The summed E-state index contributed by atoms with van der Waals surface area (Å²) in [6.45, 7) is 0.699. The third-order valence-electron chi connectivity index (χ3n) is 2.81. The molecule has 2 N–H and O–H groups in total. The number of pyridine rings is 2. The van der Waals surface area contributed by atoms with Crippen molar-refractivity contribution < 1.29 is 9.59 Å². The molecule has 2 aromatic heterocycles. The van der Waals surface area contributed by atoms with Crippen LogP contribution in [0.3, 0.4) is 0 Å². The van der Waals surface area contributed by atoms with Crippen LogP contribution in [0.2, 0.25) is 5.15 Å². The fourth-order valence-electron chi connectivity index (χ4n) is 1.74. The summed E-state index contributed by atoms with van der Waals surface area (Å²) in [5.74, 6) is -0.357. The number of nitrogens with one attached hydrogen (secondary N) is 2. The van der Waals surface area contributed by atoms with Gasteiger partial charge in [0.1, 0.15) is 5.15 Å². The molecule has 2 heterocycles. The summed E-state index contributed by atoms with van der Waals surface area (Å²) < 4.78 is 0. The summed E-state index contributed by atoms with van der Waals surface area (Å²) >= 11 is 5.67. The van der Waals surface area contributed by atoms with Gasteiger partial charge in [-0.15, -0.1) is 0 Å². The van der Waals surface area contributed by atoms with Gasteiger partial charge in [-0.1, -0.05) is 17.7 Å². The number of hydrogen-bond acceptors (Lipinski definition) is 4. The Morgan fingerprint density at radius 3 is 2.59 bits per heavy atom. The van der Waals surface area contributed by atoms with Gasteiger partial charge in [0.25, 0.3) is 5.91 Å². The van der Waals surface area contributed by atoms with E-state index in [2.05, 4.69) is 20.6 Å². The second-order valence-electron chi connectivity index (χ2n) is 4.51. The molecule has 114 valence electrons. The van der Waals surface area contributed by atoms with E-state index in [1.807, 2.05) is 0 Å². The molecule has 0 spiro atoms. The first-order valence-electron chi connectivity index (χ1n) is 6.70. The molecule has 0 saturated heterocycles. The van der Waals surface area contributed by atoms with Gasteiger partial charge in [0.05, 0.1) is 12.0 Å². The van der Waals surface area contributed by atoms with Crippen LogP contribution in [0.15, 0.2) is 42.9 Å². The molecule has 2 rings (SSSR count). The number of amides is 2. The van der Waals surface area contributed by atoms with Gasteiger partial charge in [-0.25, -0.2) is 4.98 Å². The third-order valence-corrected chi connectivity index (χ3v) is 3.03. The number of carbonyl (C=O) groups is 2. The number of nitrogens with zero attached hydrogens (tertiary/aromatic N) is 2. The Hall–Kier alpha value is -2.47. The highest BCUT2D eigenvalue weighted by Crippen LogP contribution is 2.05. The summed E-state index contributed by atoms with van der Waals surface area (Å²) in [5.41, 5.74) is 1.27. The third kappa shape index (κ3) is 5.14. The lowest BCUT2D eigenvalue weighted by Crippen LogP contribution is -2.35. The van der Waals surface area contributed by atoms with E-state index in [1.165, 1.54) is 6.20 Å². The molecule has 0 saturated carbocycles. The Morgan fingerprint density at radius 2 is 1.91 bits per heavy atom. The van der Waals surface area contributed by atoms with Crippen molar-refractivity contribution in [2.24, 2.45) is 0 Å². The molecule has 0 fully saturated rings. The zero-order chi connectivity index (χ0) is 15.8. The quantitative estimate of drug-likeness (QED) is 0.619. The number of aromatic nitrogens is 2. The number of carbonyl (C=O) groups excluding carboxylic acids is 2. The van der Waals surface area contributed by atoms with Crippen molar-refractivity contribution in [2.45, 2.75) is 6.42 Å². The van der Waals surface area contributed by atoms with E-state index in [0.717, 1.165) is 5.56 Å². The van der Waals surface area contributed by atoms with E-state index >= 15 is 0 Å². The van der Waals surface area contributed by atoms with Crippen LogP contribution in [0, 0.1) is 0 Å². The molecule has 0 unspecified atom stereocenters. The fraction of sp³-hybridized carbons (Fsp3) is 0.200. The zero-order valence-corrected chi connectivity index (χ0v) is 12.5. The lowest BCUT2D eigenvalue weighted by Gasteiger charge is -2.07. The number of hydrogen-bond donors (Lipinski definition) is 2. The lowest BCUT2D eigenvalue weighted by atomic mass is 10.2. The standard InChI is InChI=1S/C15H15ClN4O2/c16-13-4-3-11(9-20-13)8-14(21)18-6-7-19-15(22)12-2-1-5-17-10-12/h1-5,9-10H,6-8H2,(H,18,21)(H,19,22). The summed E-state index contributed by atoms with van der Waals surface area (Å²) in [7, 11) is 0. The Bertz CT molecular complexity index is 632. The van der Waals surface area contributed by atoms with E-state index in [-0.39, 0.29) is 18.2 Å². The molecule has 0 aliphatic rings. The van der Waals surface area contributed by atoms with Crippen molar-refractivity contribution in [2.75, 3.05) is 13.1 Å². The number of halogens is 1. The SMILES string of the molecule is O=C(Cc1ccc(Cl)nc1)NCCNC(=O)c1cccnc1. The van der Waals surface area contributed by atoms with Gasteiger partial charge in [0.2, 0.25) is 5.91 Å². The van der Waals surface area contributed by atoms with E-state index in [4.69, 9.17) is 11.6 Å². The Balaban J connectivity index is 1.67. The second-order valence-corrected chi connectivity index (χ2v) is 4.90. The summed E-state index contributed by atoms with van der Waals surface area (Å²) in [5, 5.41) is 5.82. The van der Waals surface area contributed by atoms with Crippen molar-refractivity contribution in [3.63, 3.8) is 0 Å². The van der Waals surface area contributed by atoms with Gasteiger partial charge in [-0.2, -0.15) is 0 Å². The summed E-state index contributed by atoms with van der Waals surface area (Å²) in [4.78, 5) is 31.2. The van der Waals surface area contributed by atoms with Crippen LogP contribution < -0.4 is 10.6 Å². The van der Waals surface area contributed by atoms with Crippen molar-refractivity contribution in [3.8, 4) is 0 Å². The highest BCUT2D eigenvalue weighted by Gasteiger charge is 2.06. The predicted molar refractivity (Wildman–Crippen MR) is 82.5 cm³/mol.